The number of hydrogen-bond acceptors (Lipinski definition) is 4. The smallest absolute Gasteiger partial charge is 0.257 e. The van der Waals surface area contributed by atoms with E-state index in [-0.39, 0.29) is 5.91 Å². The second-order valence-electron chi connectivity index (χ2n) is 5.23. The largest absolute Gasteiger partial charge is 0.363 e. The first-order valence-electron chi connectivity index (χ1n) is 7.34. The van der Waals surface area contributed by atoms with Gasteiger partial charge in [0.2, 0.25) is 0 Å². The third-order valence-corrected chi connectivity index (χ3v) is 3.23. The molecule has 1 aromatic carbocycles. The lowest BCUT2D eigenvalue weighted by atomic mass is 10.2. The fourth-order valence-corrected chi connectivity index (χ4v) is 2.02. The fourth-order valence-electron chi connectivity index (χ4n) is 2.02. The summed E-state index contributed by atoms with van der Waals surface area (Å²) in [6.07, 6.45) is 1.59. The standard InChI is InChI=1S/C17H22N4O/c1-4-18-11-13-6-5-7-15(10-13)20-17(22)14-8-9-16(19-12-14)21(2)3/h5-10,12,18H,4,11H2,1-3H3,(H,20,22). The van der Waals surface area contributed by atoms with Crippen LogP contribution in [-0.4, -0.2) is 31.5 Å². The first kappa shape index (κ1) is 16.0. The number of amides is 1. The molecule has 22 heavy (non-hydrogen) atoms. The van der Waals surface area contributed by atoms with Crippen molar-refractivity contribution < 1.29 is 4.79 Å². The van der Waals surface area contributed by atoms with Crippen molar-refractivity contribution in [3.8, 4) is 0 Å². The molecule has 1 heterocycles. The van der Waals surface area contributed by atoms with Crippen LogP contribution in [0.3, 0.4) is 0 Å². The molecule has 2 N–H and O–H groups in total. The Kier molecular flexibility index (Phi) is 5.49. The molecule has 2 aromatic rings. The molecule has 1 amide bonds. The molecule has 5 nitrogen and oxygen atoms in total. The normalized spacial score (nSPS) is 10.3. The summed E-state index contributed by atoms with van der Waals surface area (Å²) in [4.78, 5) is 18.4. The molecule has 5 heteroatoms. The van der Waals surface area contributed by atoms with Crippen LogP contribution in [0.25, 0.3) is 0 Å². The average molecular weight is 298 g/mol. The topological polar surface area (TPSA) is 57.3 Å². The van der Waals surface area contributed by atoms with Crippen molar-refractivity contribution in [1.82, 2.24) is 10.3 Å². The number of anilines is 2. The predicted octanol–water partition coefficient (Wildman–Crippen LogP) is 2.51. The van der Waals surface area contributed by atoms with Crippen molar-refractivity contribution in [2.75, 3.05) is 30.9 Å². The Hall–Kier alpha value is -2.40. The van der Waals surface area contributed by atoms with E-state index < -0.39 is 0 Å². The van der Waals surface area contributed by atoms with Gasteiger partial charge in [-0.05, 0) is 36.4 Å². The van der Waals surface area contributed by atoms with Gasteiger partial charge in [-0.2, -0.15) is 0 Å². The van der Waals surface area contributed by atoms with E-state index in [0.29, 0.717) is 5.56 Å². The molecular weight excluding hydrogens is 276 g/mol. The van der Waals surface area contributed by atoms with E-state index in [4.69, 9.17) is 0 Å². The number of nitrogens with one attached hydrogen (secondary N) is 2. The highest BCUT2D eigenvalue weighted by Crippen LogP contribution is 2.13. The van der Waals surface area contributed by atoms with Gasteiger partial charge in [0, 0.05) is 32.5 Å². The highest BCUT2D eigenvalue weighted by atomic mass is 16.1. The molecule has 0 atom stereocenters. The molecule has 0 radical (unpaired) electrons. The Morgan fingerprint density at radius 3 is 2.68 bits per heavy atom. The lowest BCUT2D eigenvalue weighted by Gasteiger charge is -2.11. The van der Waals surface area contributed by atoms with Crippen LogP contribution in [-0.2, 0) is 6.54 Å². The monoisotopic (exact) mass is 298 g/mol. The molecule has 0 saturated carbocycles. The number of nitrogens with zero attached hydrogens (tertiary/aromatic N) is 2. The Bertz CT molecular complexity index is 623. The molecule has 2 rings (SSSR count). The molecule has 116 valence electrons. The van der Waals surface area contributed by atoms with Crippen molar-refractivity contribution in [1.29, 1.82) is 0 Å². The first-order valence-corrected chi connectivity index (χ1v) is 7.34. The summed E-state index contributed by atoms with van der Waals surface area (Å²) in [5.74, 6) is 0.669. The summed E-state index contributed by atoms with van der Waals surface area (Å²) in [5.41, 5.74) is 2.47. The summed E-state index contributed by atoms with van der Waals surface area (Å²) in [5, 5.41) is 6.17. The van der Waals surface area contributed by atoms with Crippen LogP contribution in [0.4, 0.5) is 11.5 Å². The highest BCUT2D eigenvalue weighted by molar-refractivity contribution is 6.04. The van der Waals surface area contributed by atoms with Gasteiger partial charge in [-0.15, -0.1) is 0 Å². The van der Waals surface area contributed by atoms with Crippen LogP contribution in [0.2, 0.25) is 0 Å². The lowest BCUT2D eigenvalue weighted by Crippen LogP contribution is -2.15. The number of rotatable bonds is 6. The zero-order valence-corrected chi connectivity index (χ0v) is 13.3. The fraction of sp³-hybridized carbons (Fsp3) is 0.294. The minimum atomic E-state index is -0.154. The zero-order valence-electron chi connectivity index (χ0n) is 13.3. The Labute approximate surface area is 131 Å². The molecule has 0 aliphatic rings. The quantitative estimate of drug-likeness (QED) is 0.860. The van der Waals surface area contributed by atoms with Crippen LogP contribution in [0, 0.1) is 0 Å². The van der Waals surface area contributed by atoms with E-state index in [2.05, 4.69) is 22.5 Å². The Morgan fingerprint density at radius 2 is 2.05 bits per heavy atom. The second kappa shape index (κ2) is 7.56. The summed E-state index contributed by atoms with van der Waals surface area (Å²) in [6.45, 7) is 3.77. The van der Waals surface area contributed by atoms with Gasteiger partial charge >= 0.3 is 0 Å². The molecule has 0 aliphatic heterocycles. The van der Waals surface area contributed by atoms with Gasteiger partial charge in [0.15, 0.2) is 0 Å². The average Bonchev–Trinajstić information content (AvgIpc) is 2.53. The van der Waals surface area contributed by atoms with Crippen LogP contribution in [0.1, 0.15) is 22.8 Å². The van der Waals surface area contributed by atoms with Crippen molar-refractivity contribution in [3.63, 3.8) is 0 Å². The van der Waals surface area contributed by atoms with Gasteiger partial charge in [0.05, 0.1) is 5.56 Å². The van der Waals surface area contributed by atoms with Gasteiger partial charge in [0.25, 0.3) is 5.91 Å². The predicted molar refractivity (Wildman–Crippen MR) is 90.3 cm³/mol. The second-order valence-corrected chi connectivity index (χ2v) is 5.23. The van der Waals surface area contributed by atoms with Gasteiger partial charge < -0.3 is 15.5 Å². The minimum absolute atomic E-state index is 0.154. The molecule has 0 fully saturated rings. The van der Waals surface area contributed by atoms with E-state index in [1.165, 1.54) is 0 Å². The molecule has 0 spiro atoms. The van der Waals surface area contributed by atoms with Gasteiger partial charge in [-0.3, -0.25) is 4.79 Å². The first-order chi connectivity index (χ1) is 10.6. The van der Waals surface area contributed by atoms with Gasteiger partial charge in [0.1, 0.15) is 5.82 Å². The van der Waals surface area contributed by atoms with E-state index in [1.807, 2.05) is 49.3 Å². The van der Waals surface area contributed by atoms with Crippen molar-refractivity contribution in [3.05, 3.63) is 53.7 Å². The molecule has 0 saturated heterocycles. The van der Waals surface area contributed by atoms with E-state index in [0.717, 1.165) is 30.2 Å². The van der Waals surface area contributed by atoms with Crippen LogP contribution in [0.15, 0.2) is 42.6 Å². The minimum Gasteiger partial charge on any atom is -0.363 e. The van der Waals surface area contributed by atoms with E-state index in [1.54, 1.807) is 12.3 Å². The third-order valence-electron chi connectivity index (χ3n) is 3.23. The number of aromatic nitrogens is 1. The van der Waals surface area contributed by atoms with E-state index >= 15 is 0 Å². The number of benzene rings is 1. The maximum absolute atomic E-state index is 12.2. The Morgan fingerprint density at radius 1 is 1.23 bits per heavy atom. The molecule has 0 aliphatic carbocycles. The number of carbonyl (C=O) groups excluding carboxylic acids is 1. The Balaban J connectivity index is 2.05. The SMILES string of the molecule is CCNCc1cccc(NC(=O)c2ccc(N(C)C)nc2)c1. The maximum atomic E-state index is 12.2. The molecular formula is C17H22N4O. The maximum Gasteiger partial charge on any atom is 0.257 e. The summed E-state index contributed by atoms with van der Waals surface area (Å²) < 4.78 is 0. The highest BCUT2D eigenvalue weighted by Gasteiger charge is 2.07. The van der Waals surface area contributed by atoms with Crippen LogP contribution < -0.4 is 15.5 Å². The van der Waals surface area contributed by atoms with Crippen LogP contribution >= 0.6 is 0 Å². The number of pyridine rings is 1. The van der Waals surface area contributed by atoms with Crippen molar-refractivity contribution >= 4 is 17.4 Å². The molecule has 0 unspecified atom stereocenters. The van der Waals surface area contributed by atoms with E-state index in [9.17, 15) is 4.79 Å². The number of carbonyl (C=O) groups is 1. The van der Waals surface area contributed by atoms with Crippen molar-refractivity contribution in [2.45, 2.75) is 13.5 Å². The lowest BCUT2D eigenvalue weighted by molar-refractivity contribution is 0.102. The number of hydrogen-bond donors (Lipinski definition) is 2. The molecule has 1 aromatic heterocycles. The van der Waals surface area contributed by atoms with Crippen LogP contribution in [0.5, 0.6) is 0 Å². The zero-order chi connectivity index (χ0) is 15.9. The summed E-state index contributed by atoms with van der Waals surface area (Å²) in [7, 11) is 3.83. The molecule has 0 bridgehead atoms. The summed E-state index contributed by atoms with van der Waals surface area (Å²) in [6, 6.07) is 11.4. The van der Waals surface area contributed by atoms with Gasteiger partial charge in [-0.1, -0.05) is 19.1 Å². The van der Waals surface area contributed by atoms with Crippen molar-refractivity contribution in [2.24, 2.45) is 0 Å². The summed E-state index contributed by atoms with van der Waals surface area (Å²) >= 11 is 0. The van der Waals surface area contributed by atoms with Gasteiger partial charge in [-0.25, -0.2) is 4.98 Å². The third kappa shape index (κ3) is 4.30.